The summed E-state index contributed by atoms with van der Waals surface area (Å²) in [6.45, 7) is 0. The number of pyridine rings is 1. The van der Waals surface area contributed by atoms with E-state index in [1.165, 1.54) is 12.8 Å². The van der Waals surface area contributed by atoms with E-state index in [2.05, 4.69) is 27.3 Å². The third-order valence-corrected chi connectivity index (χ3v) is 5.97. The minimum atomic E-state index is -0.117. The van der Waals surface area contributed by atoms with Crippen molar-refractivity contribution in [3.05, 3.63) is 78.5 Å². The zero-order chi connectivity index (χ0) is 19.6. The van der Waals surface area contributed by atoms with Crippen molar-refractivity contribution < 1.29 is 9.15 Å². The van der Waals surface area contributed by atoms with Crippen LogP contribution in [0.5, 0.6) is 5.75 Å². The van der Waals surface area contributed by atoms with Gasteiger partial charge in [-0.2, -0.15) is 0 Å². The van der Waals surface area contributed by atoms with Gasteiger partial charge in [0.05, 0.1) is 24.1 Å². The Morgan fingerprint density at radius 3 is 2.55 bits per heavy atom. The maximum atomic E-state index is 6.11. The fourth-order valence-corrected chi connectivity index (χ4v) is 4.61. The lowest BCUT2D eigenvalue weighted by molar-refractivity contribution is 0.210. The standard InChI is InChI=1S/C23H23N3O2S/c29-23-25-21(19-8-3-4-14-24-19)22(20-9-5-15-27-20)26(23)16-10-12-18(13-11-16)28-17-6-1-2-7-17/h3-5,8-15,17,21-22H,1-2,6-7H2,(H,25,29). The number of furan rings is 1. The van der Waals surface area contributed by atoms with Gasteiger partial charge in [-0.1, -0.05) is 6.07 Å². The van der Waals surface area contributed by atoms with Crippen molar-refractivity contribution in [3.63, 3.8) is 0 Å². The van der Waals surface area contributed by atoms with Crippen LogP contribution in [-0.2, 0) is 0 Å². The van der Waals surface area contributed by atoms with E-state index in [1.54, 1.807) is 12.5 Å². The summed E-state index contributed by atoms with van der Waals surface area (Å²) in [7, 11) is 0. The van der Waals surface area contributed by atoms with Gasteiger partial charge < -0.3 is 19.4 Å². The molecular formula is C23H23N3O2S. The quantitative estimate of drug-likeness (QED) is 0.591. The summed E-state index contributed by atoms with van der Waals surface area (Å²) in [6.07, 6.45) is 8.66. The Bertz CT molecular complexity index is 954. The van der Waals surface area contributed by atoms with Gasteiger partial charge in [-0.15, -0.1) is 0 Å². The van der Waals surface area contributed by atoms with Crippen molar-refractivity contribution >= 4 is 23.0 Å². The van der Waals surface area contributed by atoms with E-state index in [0.717, 1.165) is 35.7 Å². The van der Waals surface area contributed by atoms with Gasteiger partial charge >= 0.3 is 0 Å². The number of hydrogen-bond donors (Lipinski definition) is 1. The Morgan fingerprint density at radius 2 is 1.86 bits per heavy atom. The van der Waals surface area contributed by atoms with Crippen LogP contribution in [0.1, 0.15) is 49.2 Å². The van der Waals surface area contributed by atoms with Gasteiger partial charge in [0.15, 0.2) is 5.11 Å². The molecule has 2 atom stereocenters. The molecule has 2 unspecified atom stereocenters. The molecule has 5 rings (SSSR count). The molecule has 0 radical (unpaired) electrons. The van der Waals surface area contributed by atoms with Crippen LogP contribution in [0.4, 0.5) is 5.69 Å². The highest BCUT2D eigenvalue weighted by atomic mass is 32.1. The molecule has 1 aliphatic carbocycles. The van der Waals surface area contributed by atoms with E-state index in [4.69, 9.17) is 21.4 Å². The molecule has 0 spiro atoms. The summed E-state index contributed by atoms with van der Waals surface area (Å²) in [6, 6.07) is 17.8. The van der Waals surface area contributed by atoms with Crippen molar-refractivity contribution in [2.75, 3.05) is 4.90 Å². The summed E-state index contributed by atoms with van der Waals surface area (Å²) >= 11 is 5.71. The summed E-state index contributed by atoms with van der Waals surface area (Å²) in [5, 5.41) is 4.09. The van der Waals surface area contributed by atoms with Gasteiger partial charge in [-0.25, -0.2) is 0 Å². The average Bonchev–Trinajstić information content (AvgIpc) is 3.50. The van der Waals surface area contributed by atoms with Crippen molar-refractivity contribution in [1.29, 1.82) is 0 Å². The van der Waals surface area contributed by atoms with Crippen LogP contribution >= 0.6 is 12.2 Å². The zero-order valence-corrected chi connectivity index (χ0v) is 16.8. The topological polar surface area (TPSA) is 50.5 Å². The molecule has 1 saturated carbocycles. The maximum absolute atomic E-state index is 6.11. The fourth-order valence-electron chi connectivity index (χ4n) is 4.27. The highest BCUT2D eigenvalue weighted by Crippen LogP contribution is 2.41. The molecule has 5 nitrogen and oxygen atoms in total. The number of aromatic nitrogens is 1. The second-order valence-electron chi connectivity index (χ2n) is 7.53. The molecule has 0 amide bonds. The number of rotatable bonds is 5. The van der Waals surface area contributed by atoms with E-state index >= 15 is 0 Å². The zero-order valence-electron chi connectivity index (χ0n) is 16.0. The molecule has 2 fully saturated rings. The minimum absolute atomic E-state index is 0.0933. The predicted octanol–water partition coefficient (Wildman–Crippen LogP) is 5.17. The maximum Gasteiger partial charge on any atom is 0.174 e. The molecule has 3 aromatic rings. The number of benzene rings is 1. The molecule has 29 heavy (non-hydrogen) atoms. The minimum Gasteiger partial charge on any atom is -0.490 e. The van der Waals surface area contributed by atoms with Crippen LogP contribution in [0, 0.1) is 0 Å². The molecule has 1 aromatic carbocycles. The highest BCUT2D eigenvalue weighted by Gasteiger charge is 2.42. The van der Waals surface area contributed by atoms with Crippen LogP contribution < -0.4 is 15.0 Å². The van der Waals surface area contributed by atoms with E-state index in [-0.39, 0.29) is 12.1 Å². The van der Waals surface area contributed by atoms with Crippen molar-refractivity contribution in [1.82, 2.24) is 10.3 Å². The lowest BCUT2D eigenvalue weighted by Gasteiger charge is -2.26. The van der Waals surface area contributed by atoms with Crippen LogP contribution in [0.2, 0.25) is 0 Å². The van der Waals surface area contributed by atoms with Gasteiger partial charge in [0, 0.05) is 11.9 Å². The first-order valence-electron chi connectivity index (χ1n) is 10.1. The van der Waals surface area contributed by atoms with Gasteiger partial charge in [0.25, 0.3) is 0 Å². The molecule has 2 aliphatic rings. The molecular weight excluding hydrogens is 382 g/mol. The number of anilines is 1. The van der Waals surface area contributed by atoms with Crippen LogP contribution in [0.15, 0.2) is 71.5 Å². The van der Waals surface area contributed by atoms with E-state index in [0.29, 0.717) is 11.2 Å². The third-order valence-electron chi connectivity index (χ3n) is 5.65. The Hall–Kier alpha value is -2.86. The monoisotopic (exact) mass is 405 g/mol. The number of nitrogens with zero attached hydrogens (tertiary/aromatic N) is 2. The average molecular weight is 406 g/mol. The number of hydrogen-bond acceptors (Lipinski definition) is 4. The predicted molar refractivity (Wildman–Crippen MR) is 116 cm³/mol. The lowest BCUT2D eigenvalue weighted by atomic mass is 10.0. The Labute approximate surface area is 175 Å². The molecule has 1 N–H and O–H groups in total. The Kier molecular flexibility index (Phi) is 4.94. The summed E-state index contributed by atoms with van der Waals surface area (Å²) in [5.41, 5.74) is 1.93. The highest BCUT2D eigenvalue weighted by molar-refractivity contribution is 7.80. The normalized spacial score (nSPS) is 22.1. The third kappa shape index (κ3) is 3.60. The fraction of sp³-hybridized carbons (Fsp3) is 0.304. The first-order chi connectivity index (χ1) is 14.3. The summed E-state index contributed by atoms with van der Waals surface area (Å²) < 4.78 is 11.9. The number of thiocarbonyl (C=S) groups is 1. The molecule has 1 aliphatic heterocycles. The largest absolute Gasteiger partial charge is 0.490 e. The first kappa shape index (κ1) is 18.2. The van der Waals surface area contributed by atoms with Crippen molar-refractivity contribution in [3.8, 4) is 5.75 Å². The lowest BCUT2D eigenvalue weighted by Crippen LogP contribution is -2.29. The van der Waals surface area contributed by atoms with Crippen LogP contribution in [-0.4, -0.2) is 16.2 Å². The smallest absolute Gasteiger partial charge is 0.174 e. The number of ether oxygens (including phenoxy) is 1. The van der Waals surface area contributed by atoms with Crippen LogP contribution in [0.3, 0.4) is 0 Å². The van der Waals surface area contributed by atoms with Gasteiger partial charge in [-0.3, -0.25) is 4.98 Å². The second kappa shape index (κ2) is 7.87. The number of nitrogens with one attached hydrogen (secondary N) is 1. The Morgan fingerprint density at radius 1 is 1.03 bits per heavy atom. The molecule has 6 heteroatoms. The SMILES string of the molecule is S=C1NC(c2ccccn2)C(c2ccco2)N1c1ccc(OC2CCCC2)cc1. The van der Waals surface area contributed by atoms with E-state index in [9.17, 15) is 0 Å². The molecule has 3 heterocycles. The van der Waals surface area contributed by atoms with Crippen molar-refractivity contribution in [2.24, 2.45) is 0 Å². The van der Waals surface area contributed by atoms with Crippen LogP contribution in [0.25, 0.3) is 0 Å². The second-order valence-corrected chi connectivity index (χ2v) is 7.92. The van der Waals surface area contributed by atoms with E-state index in [1.807, 2.05) is 42.5 Å². The van der Waals surface area contributed by atoms with Gasteiger partial charge in [0.1, 0.15) is 17.6 Å². The summed E-state index contributed by atoms with van der Waals surface area (Å²) in [4.78, 5) is 6.65. The van der Waals surface area contributed by atoms with Crippen molar-refractivity contribution in [2.45, 2.75) is 43.9 Å². The summed E-state index contributed by atoms with van der Waals surface area (Å²) in [5.74, 6) is 1.76. The Balaban J connectivity index is 1.45. The molecule has 148 valence electrons. The van der Waals surface area contributed by atoms with E-state index < -0.39 is 0 Å². The van der Waals surface area contributed by atoms with Gasteiger partial charge in [0.2, 0.25) is 0 Å². The first-order valence-corrected chi connectivity index (χ1v) is 10.5. The molecule has 1 saturated heterocycles. The molecule has 0 bridgehead atoms. The molecule has 2 aromatic heterocycles. The van der Waals surface area contributed by atoms with Gasteiger partial charge in [-0.05, 0) is 86.4 Å².